The largest absolute Gasteiger partial charge is 0.356 e. The fourth-order valence-corrected chi connectivity index (χ4v) is 2.11. The highest BCUT2D eigenvalue weighted by molar-refractivity contribution is 5.77. The molecule has 2 aromatic carbocycles. The van der Waals surface area contributed by atoms with Crippen LogP contribution in [0.3, 0.4) is 0 Å². The number of halogens is 1. The topological polar surface area (TPSA) is 55.2 Å². The van der Waals surface area contributed by atoms with Gasteiger partial charge in [0.05, 0.1) is 10.5 Å². The monoisotopic (exact) mass is 310 g/mol. The number of nitrogens with zero attached hydrogens (tertiary/aromatic N) is 1. The van der Waals surface area contributed by atoms with Gasteiger partial charge in [0.1, 0.15) is 5.82 Å². The maximum atomic E-state index is 14.5. The van der Waals surface area contributed by atoms with Crippen molar-refractivity contribution >= 4 is 11.4 Å². The molecule has 0 saturated carbocycles. The minimum atomic E-state index is -0.673. The fourth-order valence-electron chi connectivity index (χ4n) is 2.11. The number of hydrogen-bond donors (Lipinski definition) is 1. The van der Waals surface area contributed by atoms with Crippen LogP contribution in [0.5, 0.6) is 0 Å². The van der Waals surface area contributed by atoms with Gasteiger partial charge in [-0.05, 0) is 17.7 Å². The maximum Gasteiger partial charge on any atom is 0.282 e. The molecule has 0 radical (unpaired) electrons. The van der Waals surface area contributed by atoms with Gasteiger partial charge in [-0.25, -0.2) is 4.39 Å². The molecule has 0 aromatic heterocycles. The average molecular weight is 310 g/mol. The molecule has 0 aliphatic rings. The van der Waals surface area contributed by atoms with Gasteiger partial charge in [-0.3, -0.25) is 10.1 Å². The van der Waals surface area contributed by atoms with Crippen LogP contribution in [0.2, 0.25) is 0 Å². The average Bonchev–Trinajstić information content (AvgIpc) is 2.53. The third-order valence-corrected chi connectivity index (χ3v) is 3.07. The number of rotatable bonds is 6. The second-order valence-corrected chi connectivity index (χ2v) is 4.72. The van der Waals surface area contributed by atoms with Crippen LogP contribution in [0, 0.1) is 15.9 Å². The van der Waals surface area contributed by atoms with Crippen molar-refractivity contribution in [1.82, 2.24) is 0 Å². The highest BCUT2D eigenvalue weighted by Crippen LogP contribution is 2.35. The van der Waals surface area contributed by atoms with Gasteiger partial charge >= 0.3 is 0 Å². The molecule has 0 aliphatic carbocycles. The molecule has 0 aliphatic heterocycles. The lowest BCUT2D eigenvalue weighted by atomic mass is 10.0. The number of allylic oxidation sites excluding steroid dienone is 3. The van der Waals surface area contributed by atoms with Gasteiger partial charge in [0.15, 0.2) is 0 Å². The minimum absolute atomic E-state index is 0.0339. The molecule has 0 amide bonds. The van der Waals surface area contributed by atoms with Crippen molar-refractivity contribution in [2.45, 2.75) is 0 Å². The summed E-state index contributed by atoms with van der Waals surface area (Å²) in [5.74, 6) is -0.673. The molecule has 0 saturated heterocycles. The van der Waals surface area contributed by atoms with Crippen LogP contribution in [0.15, 0.2) is 79.5 Å². The van der Waals surface area contributed by atoms with Gasteiger partial charge in [0.2, 0.25) is 0 Å². The van der Waals surface area contributed by atoms with E-state index in [4.69, 9.17) is 0 Å². The summed E-state index contributed by atoms with van der Waals surface area (Å²) in [7, 11) is 0. The number of nitro benzene ring substituents is 1. The molecule has 23 heavy (non-hydrogen) atoms. The zero-order chi connectivity index (χ0) is 16.8. The first-order chi connectivity index (χ1) is 11.0. The molecule has 2 rings (SSSR count). The Labute approximate surface area is 133 Å². The number of hydrogen-bond acceptors (Lipinski definition) is 3. The number of benzene rings is 2. The predicted octanol–water partition coefficient (Wildman–Crippen LogP) is 5.07. The van der Waals surface area contributed by atoms with Crippen molar-refractivity contribution in [3.05, 3.63) is 95.5 Å². The molecule has 5 heteroatoms. The van der Waals surface area contributed by atoms with Crippen molar-refractivity contribution < 1.29 is 9.31 Å². The summed E-state index contributed by atoms with van der Waals surface area (Å²) in [6.07, 6.45) is 4.84. The SMILES string of the molecule is C=C/C=C\C(=C)Nc1cc(F)c(-c2ccccc2)c([N+](=O)[O-])c1. The molecule has 0 spiro atoms. The van der Waals surface area contributed by atoms with Gasteiger partial charge in [-0.2, -0.15) is 0 Å². The van der Waals surface area contributed by atoms with Gasteiger partial charge in [0, 0.05) is 17.5 Å². The Hall–Kier alpha value is -3.21. The Bertz CT molecular complexity index is 783. The van der Waals surface area contributed by atoms with E-state index in [-0.39, 0.29) is 16.9 Å². The maximum absolute atomic E-state index is 14.5. The standard InChI is InChI=1S/C18H15FN2O2/c1-3-4-8-13(2)20-15-11-16(19)18(17(12-15)21(22)23)14-9-6-5-7-10-14/h3-12,20H,1-2H2/b8-4-. The molecule has 4 nitrogen and oxygen atoms in total. The Morgan fingerprint density at radius 3 is 2.57 bits per heavy atom. The zero-order valence-electron chi connectivity index (χ0n) is 12.3. The van der Waals surface area contributed by atoms with Crippen LogP contribution in [0.1, 0.15) is 0 Å². The van der Waals surface area contributed by atoms with Crippen LogP contribution in [0.25, 0.3) is 11.1 Å². The predicted molar refractivity (Wildman–Crippen MR) is 90.6 cm³/mol. The lowest BCUT2D eigenvalue weighted by molar-refractivity contribution is -0.384. The van der Waals surface area contributed by atoms with E-state index >= 15 is 0 Å². The summed E-state index contributed by atoms with van der Waals surface area (Å²) in [4.78, 5) is 10.7. The first-order valence-electron chi connectivity index (χ1n) is 6.81. The van der Waals surface area contributed by atoms with Crippen molar-refractivity contribution in [2.75, 3.05) is 5.32 Å². The minimum Gasteiger partial charge on any atom is -0.356 e. The molecule has 0 atom stereocenters. The van der Waals surface area contributed by atoms with Gasteiger partial charge < -0.3 is 5.32 Å². The van der Waals surface area contributed by atoms with E-state index < -0.39 is 10.7 Å². The Kier molecular flexibility index (Phi) is 5.04. The van der Waals surface area contributed by atoms with E-state index in [1.807, 2.05) is 0 Å². The third kappa shape index (κ3) is 3.91. The van der Waals surface area contributed by atoms with Crippen molar-refractivity contribution in [3.8, 4) is 11.1 Å². The van der Waals surface area contributed by atoms with Gasteiger partial charge in [-0.15, -0.1) is 0 Å². The first kappa shape index (κ1) is 16.2. The van der Waals surface area contributed by atoms with Gasteiger partial charge in [0.25, 0.3) is 5.69 Å². The highest BCUT2D eigenvalue weighted by Gasteiger charge is 2.21. The van der Waals surface area contributed by atoms with Crippen LogP contribution in [0.4, 0.5) is 15.8 Å². The lowest BCUT2D eigenvalue weighted by Crippen LogP contribution is -2.00. The van der Waals surface area contributed by atoms with E-state index in [2.05, 4.69) is 18.5 Å². The number of nitro groups is 1. The Morgan fingerprint density at radius 2 is 1.96 bits per heavy atom. The summed E-state index contributed by atoms with van der Waals surface area (Å²) in [5, 5.41) is 14.1. The summed E-state index contributed by atoms with van der Waals surface area (Å²) >= 11 is 0. The molecule has 0 unspecified atom stereocenters. The molecule has 0 bridgehead atoms. The molecule has 1 N–H and O–H groups in total. The van der Waals surface area contributed by atoms with Crippen molar-refractivity contribution in [1.29, 1.82) is 0 Å². The van der Waals surface area contributed by atoms with Crippen molar-refractivity contribution in [3.63, 3.8) is 0 Å². The van der Waals surface area contributed by atoms with Crippen LogP contribution in [-0.4, -0.2) is 4.92 Å². The molecule has 2 aromatic rings. The van der Waals surface area contributed by atoms with E-state index in [0.717, 1.165) is 0 Å². The molecule has 0 fully saturated rings. The Balaban J connectivity index is 2.47. The van der Waals surface area contributed by atoms with Crippen LogP contribution in [-0.2, 0) is 0 Å². The lowest BCUT2D eigenvalue weighted by Gasteiger charge is -2.10. The normalized spacial score (nSPS) is 10.5. The summed E-state index contributed by atoms with van der Waals surface area (Å²) in [6, 6.07) is 10.9. The van der Waals surface area contributed by atoms with E-state index in [9.17, 15) is 14.5 Å². The highest BCUT2D eigenvalue weighted by atomic mass is 19.1. The second kappa shape index (κ2) is 7.17. The van der Waals surface area contributed by atoms with E-state index in [1.165, 1.54) is 12.1 Å². The number of anilines is 1. The second-order valence-electron chi connectivity index (χ2n) is 4.72. The van der Waals surface area contributed by atoms with Crippen LogP contribution < -0.4 is 5.32 Å². The van der Waals surface area contributed by atoms with E-state index in [1.54, 1.807) is 48.6 Å². The molecular weight excluding hydrogens is 295 g/mol. The third-order valence-electron chi connectivity index (χ3n) is 3.07. The smallest absolute Gasteiger partial charge is 0.282 e. The first-order valence-corrected chi connectivity index (χ1v) is 6.81. The van der Waals surface area contributed by atoms with Crippen LogP contribution >= 0.6 is 0 Å². The molecule has 116 valence electrons. The summed E-state index contributed by atoms with van der Waals surface area (Å²) in [5.41, 5.74) is 0.833. The van der Waals surface area contributed by atoms with Crippen molar-refractivity contribution in [2.24, 2.45) is 0 Å². The van der Waals surface area contributed by atoms with Gasteiger partial charge in [-0.1, -0.05) is 55.6 Å². The zero-order valence-corrected chi connectivity index (χ0v) is 12.3. The molecule has 0 heterocycles. The molecular formula is C18H15FN2O2. The number of nitrogens with one attached hydrogen (secondary N) is 1. The summed E-state index contributed by atoms with van der Waals surface area (Å²) in [6.45, 7) is 7.27. The fraction of sp³-hybridized carbons (Fsp3) is 0. The Morgan fingerprint density at radius 1 is 1.26 bits per heavy atom. The summed E-state index contributed by atoms with van der Waals surface area (Å²) < 4.78 is 14.5. The van der Waals surface area contributed by atoms with E-state index in [0.29, 0.717) is 11.3 Å². The quantitative estimate of drug-likeness (QED) is 0.460.